The van der Waals surface area contributed by atoms with Crippen molar-refractivity contribution in [1.82, 2.24) is 5.32 Å². The molecular weight excluding hydrogens is 295 g/mol. The topological polar surface area (TPSA) is 55.1 Å². The van der Waals surface area contributed by atoms with Gasteiger partial charge in [-0.3, -0.25) is 4.79 Å². The number of nitrogens with two attached hydrogens (primary N) is 1. The second kappa shape index (κ2) is 6.23. The second-order valence-corrected chi connectivity index (χ2v) is 6.35. The number of rotatable bonds is 3. The molecule has 3 atom stereocenters. The van der Waals surface area contributed by atoms with Crippen LogP contribution in [-0.4, -0.2) is 11.9 Å². The van der Waals surface area contributed by atoms with E-state index in [9.17, 15) is 4.79 Å². The smallest absolute Gasteiger partial charge is 0.251 e. The molecule has 1 aliphatic rings. The van der Waals surface area contributed by atoms with Crippen molar-refractivity contribution in [1.29, 1.82) is 0 Å². The van der Waals surface area contributed by atoms with Crippen LogP contribution in [0.4, 0.5) is 5.69 Å². The van der Waals surface area contributed by atoms with E-state index in [0.717, 1.165) is 12.8 Å². The molecule has 0 heterocycles. The standard InChI is InChI=1S/C15H20Cl2N2O/c1-3-9-4-5-13(8(9)2)19-15(20)10-6-11(16)14(18)12(17)7-10/h6-9,13H,3-5,18H2,1-2H3,(H,19,20). The van der Waals surface area contributed by atoms with E-state index in [-0.39, 0.29) is 11.9 Å². The Morgan fingerprint density at radius 1 is 1.35 bits per heavy atom. The number of amides is 1. The average molecular weight is 315 g/mol. The number of halogens is 2. The molecule has 3 unspecified atom stereocenters. The quantitative estimate of drug-likeness (QED) is 0.824. The summed E-state index contributed by atoms with van der Waals surface area (Å²) in [6.07, 6.45) is 3.36. The fourth-order valence-electron chi connectivity index (χ4n) is 2.99. The molecule has 1 saturated carbocycles. The molecule has 0 aromatic heterocycles. The maximum absolute atomic E-state index is 12.3. The van der Waals surface area contributed by atoms with E-state index in [4.69, 9.17) is 28.9 Å². The van der Waals surface area contributed by atoms with Crippen LogP contribution in [0.5, 0.6) is 0 Å². The summed E-state index contributed by atoms with van der Waals surface area (Å²) in [6, 6.07) is 3.35. The Morgan fingerprint density at radius 2 is 1.95 bits per heavy atom. The highest BCUT2D eigenvalue weighted by atomic mass is 35.5. The third-order valence-electron chi connectivity index (χ3n) is 4.41. The van der Waals surface area contributed by atoms with Gasteiger partial charge in [0.05, 0.1) is 15.7 Å². The molecule has 1 aromatic rings. The number of nitrogens with one attached hydrogen (secondary N) is 1. The van der Waals surface area contributed by atoms with E-state index in [1.807, 2.05) is 0 Å². The lowest BCUT2D eigenvalue weighted by molar-refractivity contribution is 0.0926. The maximum Gasteiger partial charge on any atom is 0.251 e. The van der Waals surface area contributed by atoms with Gasteiger partial charge in [-0.2, -0.15) is 0 Å². The van der Waals surface area contributed by atoms with E-state index < -0.39 is 0 Å². The Hall–Kier alpha value is -0.930. The third kappa shape index (κ3) is 3.04. The molecule has 0 radical (unpaired) electrons. The molecule has 5 heteroatoms. The molecule has 1 aromatic carbocycles. The first kappa shape index (κ1) is 15.5. The zero-order valence-electron chi connectivity index (χ0n) is 11.7. The Balaban J connectivity index is 2.10. The van der Waals surface area contributed by atoms with Crippen molar-refractivity contribution in [2.75, 3.05) is 5.73 Å². The summed E-state index contributed by atoms with van der Waals surface area (Å²) in [7, 11) is 0. The number of anilines is 1. The van der Waals surface area contributed by atoms with Crippen molar-refractivity contribution in [3.05, 3.63) is 27.7 Å². The highest BCUT2D eigenvalue weighted by Gasteiger charge is 2.32. The van der Waals surface area contributed by atoms with Gasteiger partial charge >= 0.3 is 0 Å². The first-order chi connectivity index (χ1) is 9.43. The van der Waals surface area contributed by atoms with E-state index in [2.05, 4.69) is 19.2 Å². The van der Waals surface area contributed by atoms with Crippen LogP contribution in [0.25, 0.3) is 0 Å². The minimum atomic E-state index is -0.137. The van der Waals surface area contributed by atoms with Crippen LogP contribution in [0, 0.1) is 11.8 Å². The lowest BCUT2D eigenvalue weighted by Gasteiger charge is -2.21. The van der Waals surface area contributed by atoms with Crippen molar-refractivity contribution in [3.8, 4) is 0 Å². The Labute approximate surface area is 129 Å². The fraction of sp³-hybridized carbons (Fsp3) is 0.533. The summed E-state index contributed by atoms with van der Waals surface area (Å²) in [6.45, 7) is 4.40. The van der Waals surface area contributed by atoms with Gasteiger partial charge in [-0.25, -0.2) is 0 Å². The largest absolute Gasteiger partial charge is 0.396 e. The zero-order chi connectivity index (χ0) is 14.9. The van der Waals surface area contributed by atoms with Gasteiger partial charge in [-0.15, -0.1) is 0 Å². The SMILES string of the molecule is CCC1CCC(NC(=O)c2cc(Cl)c(N)c(Cl)c2)C1C. The highest BCUT2D eigenvalue weighted by Crippen LogP contribution is 2.34. The molecule has 0 spiro atoms. The molecule has 3 nitrogen and oxygen atoms in total. The molecule has 1 fully saturated rings. The van der Waals surface area contributed by atoms with Crippen LogP contribution in [0.3, 0.4) is 0 Å². The van der Waals surface area contributed by atoms with E-state index in [1.54, 1.807) is 12.1 Å². The maximum atomic E-state index is 12.3. The average Bonchev–Trinajstić information content (AvgIpc) is 2.76. The number of benzene rings is 1. The van der Waals surface area contributed by atoms with Crippen molar-refractivity contribution < 1.29 is 4.79 Å². The van der Waals surface area contributed by atoms with Gasteiger partial charge in [0.2, 0.25) is 0 Å². The normalized spacial score (nSPS) is 25.7. The van der Waals surface area contributed by atoms with Crippen LogP contribution in [0.15, 0.2) is 12.1 Å². The van der Waals surface area contributed by atoms with Crippen molar-refractivity contribution in [2.24, 2.45) is 11.8 Å². The number of hydrogen-bond donors (Lipinski definition) is 2. The molecule has 2 rings (SSSR count). The lowest BCUT2D eigenvalue weighted by Crippen LogP contribution is -2.37. The summed E-state index contributed by atoms with van der Waals surface area (Å²) in [5.41, 5.74) is 6.45. The van der Waals surface area contributed by atoms with E-state index >= 15 is 0 Å². The molecule has 0 bridgehead atoms. The minimum absolute atomic E-state index is 0.137. The zero-order valence-corrected chi connectivity index (χ0v) is 13.3. The van der Waals surface area contributed by atoms with Gasteiger partial charge in [0.25, 0.3) is 5.91 Å². The second-order valence-electron chi connectivity index (χ2n) is 5.54. The van der Waals surface area contributed by atoms with Crippen molar-refractivity contribution in [3.63, 3.8) is 0 Å². The predicted molar refractivity (Wildman–Crippen MR) is 84.3 cm³/mol. The molecule has 110 valence electrons. The molecule has 0 saturated heterocycles. The summed E-state index contributed by atoms with van der Waals surface area (Å²) in [5, 5.41) is 3.71. The van der Waals surface area contributed by atoms with Gasteiger partial charge in [0.15, 0.2) is 0 Å². The van der Waals surface area contributed by atoms with Crippen LogP contribution >= 0.6 is 23.2 Å². The van der Waals surface area contributed by atoms with Crippen LogP contribution in [-0.2, 0) is 0 Å². The van der Waals surface area contributed by atoms with Gasteiger partial charge in [0.1, 0.15) is 0 Å². The van der Waals surface area contributed by atoms with Gasteiger partial charge in [0, 0.05) is 11.6 Å². The Kier molecular flexibility index (Phi) is 4.82. The third-order valence-corrected chi connectivity index (χ3v) is 5.03. The summed E-state index contributed by atoms with van der Waals surface area (Å²) in [5.74, 6) is 1.06. The monoisotopic (exact) mass is 314 g/mol. The van der Waals surface area contributed by atoms with Crippen molar-refractivity contribution in [2.45, 2.75) is 39.2 Å². The van der Waals surface area contributed by atoms with Crippen LogP contribution in [0.2, 0.25) is 10.0 Å². The number of hydrogen-bond acceptors (Lipinski definition) is 2. The molecular formula is C15H20Cl2N2O. The van der Waals surface area contributed by atoms with Gasteiger partial charge in [-0.05, 0) is 36.8 Å². The fourth-order valence-corrected chi connectivity index (χ4v) is 3.48. The molecule has 3 N–H and O–H groups in total. The van der Waals surface area contributed by atoms with Crippen LogP contribution < -0.4 is 11.1 Å². The molecule has 1 aliphatic carbocycles. The minimum Gasteiger partial charge on any atom is -0.396 e. The highest BCUT2D eigenvalue weighted by molar-refractivity contribution is 6.39. The summed E-state index contributed by atoms with van der Waals surface area (Å²) >= 11 is 11.9. The molecule has 20 heavy (non-hydrogen) atoms. The van der Waals surface area contributed by atoms with E-state index in [1.165, 1.54) is 6.42 Å². The molecule has 1 amide bonds. The van der Waals surface area contributed by atoms with E-state index in [0.29, 0.717) is 33.1 Å². The number of carbonyl (C=O) groups is 1. The first-order valence-corrected chi connectivity index (χ1v) is 7.75. The first-order valence-electron chi connectivity index (χ1n) is 6.99. The number of nitrogen functional groups attached to an aromatic ring is 1. The Morgan fingerprint density at radius 3 is 2.45 bits per heavy atom. The molecule has 0 aliphatic heterocycles. The Bertz CT molecular complexity index is 496. The lowest BCUT2D eigenvalue weighted by atomic mass is 9.93. The van der Waals surface area contributed by atoms with Crippen molar-refractivity contribution >= 4 is 34.8 Å². The van der Waals surface area contributed by atoms with Gasteiger partial charge < -0.3 is 11.1 Å². The predicted octanol–water partition coefficient (Wildman–Crippen LogP) is 4.13. The summed E-state index contributed by atoms with van der Waals surface area (Å²) in [4.78, 5) is 12.3. The summed E-state index contributed by atoms with van der Waals surface area (Å²) < 4.78 is 0. The van der Waals surface area contributed by atoms with Crippen LogP contribution in [0.1, 0.15) is 43.5 Å². The van der Waals surface area contributed by atoms with Gasteiger partial charge in [-0.1, -0.05) is 43.5 Å². The number of carbonyl (C=O) groups excluding carboxylic acids is 1.